The zero-order chi connectivity index (χ0) is 24.2. The SMILES string of the molecule is Cc1cc(-c2csc(NC(=O)CCNC(=O)c3ccccc3Cl)n2)c(C)n1-c1ccc(F)cc1. The monoisotopic (exact) mass is 496 g/mol. The van der Waals surface area contributed by atoms with E-state index in [4.69, 9.17) is 11.6 Å². The smallest absolute Gasteiger partial charge is 0.252 e. The second kappa shape index (κ2) is 10.2. The molecule has 0 unspecified atom stereocenters. The van der Waals surface area contributed by atoms with Gasteiger partial charge in [0.1, 0.15) is 5.82 Å². The molecular formula is C25H22ClFN4O2S. The number of hydrogen-bond donors (Lipinski definition) is 2. The molecule has 0 bridgehead atoms. The van der Waals surface area contributed by atoms with E-state index < -0.39 is 0 Å². The first-order valence-electron chi connectivity index (χ1n) is 10.6. The summed E-state index contributed by atoms with van der Waals surface area (Å²) in [4.78, 5) is 29.1. The van der Waals surface area contributed by atoms with Crippen LogP contribution in [0.1, 0.15) is 28.2 Å². The second-order valence-corrected chi connectivity index (χ2v) is 8.93. The fraction of sp³-hybridized carbons (Fsp3) is 0.160. The van der Waals surface area contributed by atoms with Gasteiger partial charge in [0.25, 0.3) is 5.91 Å². The normalized spacial score (nSPS) is 10.8. The highest BCUT2D eigenvalue weighted by Gasteiger charge is 2.16. The lowest BCUT2D eigenvalue weighted by Crippen LogP contribution is -2.27. The molecule has 0 aliphatic heterocycles. The van der Waals surface area contributed by atoms with Crippen LogP contribution in [0, 0.1) is 19.7 Å². The number of benzene rings is 2. The zero-order valence-corrected chi connectivity index (χ0v) is 20.1. The molecule has 2 aromatic heterocycles. The Labute approximate surface area is 205 Å². The summed E-state index contributed by atoms with van der Waals surface area (Å²) in [5, 5.41) is 8.19. The number of halogens is 2. The summed E-state index contributed by atoms with van der Waals surface area (Å²) in [5.74, 6) is -0.863. The van der Waals surface area contributed by atoms with Gasteiger partial charge in [-0.05, 0) is 56.3 Å². The molecule has 2 aromatic carbocycles. The number of nitrogens with zero attached hydrogens (tertiary/aromatic N) is 2. The van der Waals surface area contributed by atoms with Crippen molar-refractivity contribution in [1.29, 1.82) is 0 Å². The number of thiazole rings is 1. The van der Waals surface area contributed by atoms with E-state index in [1.54, 1.807) is 36.4 Å². The average Bonchev–Trinajstić information content (AvgIpc) is 3.38. The van der Waals surface area contributed by atoms with Crippen LogP contribution in [0.2, 0.25) is 5.02 Å². The van der Waals surface area contributed by atoms with Crippen molar-refractivity contribution in [2.75, 3.05) is 11.9 Å². The molecule has 0 saturated carbocycles. The first kappa shape index (κ1) is 23.7. The van der Waals surface area contributed by atoms with Gasteiger partial charge >= 0.3 is 0 Å². The third-order valence-electron chi connectivity index (χ3n) is 5.30. The van der Waals surface area contributed by atoms with E-state index in [2.05, 4.69) is 15.6 Å². The third-order valence-corrected chi connectivity index (χ3v) is 6.39. The van der Waals surface area contributed by atoms with Crippen LogP contribution in [0.5, 0.6) is 0 Å². The Kier molecular flexibility index (Phi) is 7.09. The number of amides is 2. The first-order chi connectivity index (χ1) is 16.3. The van der Waals surface area contributed by atoms with Gasteiger partial charge in [-0.15, -0.1) is 11.3 Å². The van der Waals surface area contributed by atoms with E-state index in [0.29, 0.717) is 15.7 Å². The number of aromatic nitrogens is 2. The Bertz CT molecular complexity index is 1350. The Morgan fingerprint density at radius 2 is 1.85 bits per heavy atom. The average molecular weight is 497 g/mol. The van der Waals surface area contributed by atoms with Gasteiger partial charge in [0.2, 0.25) is 5.91 Å². The maximum Gasteiger partial charge on any atom is 0.252 e. The van der Waals surface area contributed by atoms with Crippen LogP contribution in [0.4, 0.5) is 9.52 Å². The fourth-order valence-corrected chi connectivity index (χ4v) is 4.62. The molecule has 0 fully saturated rings. The van der Waals surface area contributed by atoms with Gasteiger partial charge in [0.05, 0.1) is 16.3 Å². The maximum atomic E-state index is 13.3. The van der Waals surface area contributed by atoms with Crippen molar-refractivity contribution in [2.24, 2.45) is 0 Å². The Morgan fingerprint density at radius 1 is 1.12 bits per heavy atom. The lowest BCUT2D eigenvalue weighted by atomic mass is 10.2. The molecule has 4 aromatic rings. The molecule has 0 spiro atoms. The van der Waals surface area contributed by atoms with Crippen molar-refractivity contribution in [3.63, 3.8) is 0 Å². The van der Waals surface area contributed by atoms with Crippen LogP contribution in [-0.2, 0) is 4.79 Å². The van der Waals surface area contributed by atoms with Crippen molar-refractivity contribution in [3.05, 3.63) is 87.8 Å². The van der Waals surface area contributed by atoms with E-state index in [-0.39, 0.29) is 30.6 Å². The van der Waals surface area contributed by atoms with Gasteiger partial charge in [-0.2, -0.15) is 0 Å². The van der Waals surface area contributed by atoms with E-state index >= 15 is 0 Å². The Balaban J connectivity index is 1.38. The van der Waals surface area contributed by atoms with Crippen LogP contribution in [0.25, 0.3) is 16.9 Å². The third kappa shape index (κ3) is 5.18. The summed E-state index contributed by atoms with van der Waals surface area (Å²) in [6.07, 6.45) is 0.101. The summed E-state index contributed by atoms with van der Waals surface area (Å²) >= 11 is 7.35. The topological polar surface area (TPSA) is 76.0 Å². The molecule has 9 heteroatoms. The predicted octanol–water partition coefficient (Wildman–Crippen LogP) is 5.77. The number of anilines is 1. The van der Waals surface area contributed by atoms with Crippen molar-refractivity contribution in [1.82, 2.24) is 14.9 Å². The maximum absolute atomic E-state index is 13.3. The molecule has 2 N–H and O–H groups in total. The standard InChI is InChI=1S/C25H22ClFN4O2S/c1-15-13-20(16(2)31(15)18-9-7-17(27)8-10-18)22-14-34-25(29-22)30-23(32)11-12-28-24(33)19-5-3-4-6-21(19)26/h3-10,13-14H,11-12H2,1-2H3,(H,28,33)(H,29,30,32). The lowest BCUT2D eigenvalue weighted by molar-refractivity contribution is -0.116. The largest absolute Gasteiger partial charge is 0.351 e. The van der Waals surface area contributed by atoms with Gasteiger partial charge in [-0.25, -0.2) is 9.37 Å². The molecule has 2 heterocycles. The van der Waals surface area contributed by atoms with E-state index in [1.807, 2.05) is 29.9 Å². The number of aryl methyl sites for hydroxylation is 1. The van der Waals surface area contributed by atoms with E-state index in [0.717, 1.165) is 28.3 Å². The van der Waals surface area contributed by atoms with Crippen LogP contribution >= 0.6 is 22.9 Å². The summed E-state index contributed by atoms with van der Waals surface area (Å²) in [7, 11) is 0. The minimum atomic E-state index is -0.327. The van der Waals surface area contributed by atoms with Gasteiger partial charge in [-0.1, -0.05) is 23.7 Å². The van der Waals surface area contributed by atoms with Crippen molar-refractivity contribution < 1.29 is 14.0 Å². The number of carbonyl (C=O) groups excluding carboxylic acids is 2. The number of nitrogens with one attached hydrogen (secondary N) is 2. The first-order valence-corrected chi connectivity index (χ1v) is 11.8. The molecule has 0 atom stereocenters. The number of rotatable bonds is 7. The minimum Gasteiger partial charge on any atom is -0.351 e. The summed E-state index contributed by atoms with van der Waals surface area (Å²) < 4.78 is 15.3. The van der Waals surface area contributed by atoms with E-state index in [9.17, 15) is 14.0 Å². The predicted molar refractivity (Wildman–Crippen MR) is 133 cm³/mol. The molecule has 6 nitrogen and oxygen atoms in total. The number of hydrogen-bond acceptors (Lipinski definition) is 4. The lowest BCUT2D eigenvalue weighted by Gasteiger charge is -2.09. The van der Waals surface area contributed by atoms with Gasteiger partial charge in [-0.3, -0.25) is 9.59 Å². The Morgan fingerprint density at radius 3 is 2.59 bits per heavy atom. The van der Waals surface area contributed by atoms with Crippen molar-refractivity contribution in [2.45, 2.75) is 20.3 Å². The second-order valence-electron chi connectivity index (χ2n) is 7.67. The molecule has 4 rings (SSSR count). The van der Waals surface area contributed by atoms with E-state index in [1.165, 1.54) is 23.5 Å². The highest BCUT2D eigenvalue weighted by atomic mass is 35.5. The highest BCUT2D eigenvalue weighted by Crippen LogP contribution is 2.31. The molecule has 174 valence electrons. The molecule has 0 aliphatic rings. The molecule has 0 saturated heterocycles. The van der Waals surface area contributed by atoms with Crippen LogP contribution in [0.3, 0.4) is 0 Å². The zero-order valence-electron chi connectivity index (χ0n) is 18.6. The van der Waals surface area contributed by atoms with Gasteiger partial charge in [0, 0.05) is 41.0 Å². The van der Waals surface area contributed by atoms with Crippen molar-refractivity contribution in [3.8, 4) is 16.9 Å². The van der Waals surface area contributed by atoms with Crippen LogP contribution in [0.15, 0.2) is 60.0 Å². The molecule has 2 amide bonds. The van der Waals surface area contributed by atoms with Gasteiger partial charge in [0.15, 0.2) is 5.13 Å². The number of carbonyl (C=O) groups is 2. The summed E-state index contributed by atoms with van der Waals surface area (Å²) in [6.45, 7) is 4.13. The van der Waals surface area contributed by atoms with Gasteiger partial charge < -0.3 is 15.2 Å². The molecular weight excluding hydrogens is 475 g/mol. The Hall–Kier alpha value is -3.49. The highest BCUT2D eigenvalue weighted by molar-refractivity contribution is 7.14. The van der Waals surface area contributed by atoms with Crippen LogP contribution < -0.4 is 10.6 Å². The minimum absolute atomic E-state index is 0.101. The molecule has 34 heavy (non-hydrogen) atoms. The fourth-order valence-electron chi connectivity index (χ4n) is 3.68. The molecule has 0 radical (unpaired) electrons. The summed E-state index contributed by atoms with van der Waals surface area (Å²) in [5.41, 5.74) is 4.87. The summed E-state index contributed by atoms with van der Waals surface area (Å²) in [6, 6.07) is 15.1. The van der Waals surface area contributed by atoms with Crippen LogP contribution in [-0.4, -0.2) is 27.9 Å². The quantitative estimate of drug-likeness (QED) is 0.341. The van der Waals surface area contributed by atoms with Crippen molar-refractivity contribution >= 4 is 39.9 Å². The molecule has 0 aliphatic carbocycles.